The molecule has 1 atom stereocenters. The number of benzene rings is 4. The molecule has 1 saturated heterocycles. The summed E-state index contributed by atoms with van der Waals surface area (Å²) in [6.07, 6.45) is 0. The van der Waals surface area contributed by atoms with Crippen molar-refractivity contribution >= 4 is 17.8 Å². The summed E-state index contributed by atoms with van der Waals surface area (Å²) >= 11 is 0. The van der Waals surface area contributed by atoms with Crippen LogP contribution in [0.1, 0.15) is 29.7 Å². The molecule has 6 heteroatoms. The molecule has 4 amide bonds. The highest BCUT2D eigenvalue weighted by Gasteiger charge is 2.54. The van der Waals surface area contributed by atoms with Gasteiger partial charge in [-0.3, -0.25) is 14.5 Å². The van der Waals surface area contributed by atoms with Gasteiger partial charge >= 0.3 is 6.03 Å². The first-order chi connectivity index (χ1) is 18.0. The Bertz CT molecular complexity index is 1370. The Morgan fingerprint density at radius 2 is 1.24 bits per heavy atom. The van der Waals surface area contributed by atoms with Gasteiger partial charge in [-0.05, 0) is 34.7 Å². The van der Waals surface area contributed by atoms with Crippen LogP contribution < -0.4 is 10.6 Å². The third kappa shape index (κ3) is 4.61. The molecule has 0 unspecified atom stereocenters. The number of nitrogens with one attached hydrogen (secondary N) is 2. The Morgan fingerprint density at radius 1 is 0.757 bits per heavy atom. The van der Waals surface area contributed by atoms with Crippen LogP contribution in [0.4, 0.5) is 4.79 Å². The largest absolute Gasteiger partial charge is 0.348 e. The summed E-state index contributed by atoms with van der Waals surface area (Å²) in [6.45, 7) is 1.50. The molecular formula is C31H27N3O3. The van der Waals surface area contributed by atoms with Gasteiger partial charge in [-0.1, -0.05) is 115 Å². The van der Waals surface area contributed by atoms with Gasteiger partial charge in [-0.25, -0.2) is 4.79 Å². The Hall–Kier alpha value is -4.71. The highest BCUT2D eigenvalue weighted by Crippen LogP contribution is 2.36. The van der Waals surface area contributed by atoms with Crippen LogP contribution in [0.2, 0.25) is 0 Å². The summed E-state index contributed by atoms with van der Waals surface area (Å²) in [7, 11) is 0. The molecule has 2 N–H and O–H groups in total. The summed E-state index contributed by atoms with van der Waals surface area (Å²) in [6, 6.07) is 35.3. The zero-order valence-corrected chi connectivity index (χ0v) is 20.4. The maximum Gasteiger partial charge on any atom is 0.326 e. The standard InChI is InChI=1S/C31H27N3O3/c1-22(23-17-19-25(20-18-23)24-11-5-2-6-12-24)32-28(35)21-34-29(36)31(33-30(34)37,26-13-7-3-8-14-26)27-15-9-4-10-16-27/h2-20,22H,21H2,1H3,(H,32,35)(H,33,37)/t22-/m0/s1. The molecule has 4 aromatic rings. The van der Waals surface area contributed by atoms with Gasteiger partial charge in [0.25, 0.3) is 5.91 Å². The fourth-order valence-corrected chi connectivity index (χ4v) is 4.76. The third-order valence-corrected chi connectivity index (χ3v) is 6.72. The van der Waals surface area contributed by atoms with Crippen LogP contribution in [0.15, 0.2) is 115 Å². The normalized spacial score (nSPS) is 15.2. The molecule has 1 fully saturated rings. The van der Waals surface area contributed by atoms with Crippen LogP contribution in [0.5, 0.6) is 0 Å². The highest BCUT2D eigenvalue weighted by molar-refractivity contribution is 6.11. The highest BCUT2D eigenvalue weighted by atomic mass is 16.2. The molecule has 0 aliphatic carbocycles. The van der Waals surface area contributed by atoms with Crippen molar-refractivity contribution in [3.63, 3.8) is 0 Å². The Morgan fingerprint density at radius 3 is 1.78 bits per heavy atom. The first-order valence-electron chi connectivity index (χ1n) is 12.2. The lowest BCUT2D eigenvalue weighted by Gasteiger charge is -2.28. The molecule has 1 heterocycles. The number of imide groups is 1. The quantitative estimate of drug-likeness (QED) is 0.358. The molecule has 5 rings (SSSR count). The minimum Gasteiger partial charge on any atom is -0.348 e. The monoisotopic (exact) mass is 489 g/mol. The zero-order chi connectivity index (χ0) is 25.8. The molecule has 0 aromatic heterocycles. The van der Waals surface area contributed by atoms with Crippen molar-refractivity contribution in [2.24, 2.45) is 0 Å². The van der Waals surface area contributed by atoms with Crippen molar-refractivity contribution in [2.45, 2.75) is 18.5 Å². The minimum absolute atomic E-state index is 0.300. The van der Waals surface area contributed by atoms with E-state index in [9.17, 15) is 14.4 Å². The van der Waals surface area contributed by atoms with E-state index in [1.54, 1.807) is 24.3 Å². The molecule has 0 spiro atoms. The number of carbonyl (C=O) groups excluding carboxylic acids is 3. The van der Waals surface area contributed by atoms with Gasteiger partial charge in [-0.15, -0.1) is 0 Å². The molecular weight excluding hydrogens is 462 g/mol. The number of urea groups is 1. The van der Waals surface area contributed by atoms with Crippen LogP contribution in [-0.2, 0) is 15.1 Å². The first-order valence-corrected chi connectivity index (χ1v) is 12.2. The van der Waals surface area contributed by atoms with Crippen molar-refractivity contribution in [3.8, 4) is 11.1 Å². The smallest absolute Gasteiger partial charge is 0.326 e. The SMILES string of the molecule is C[C@H](NC(=O)CN1C(=O)NC(c2ccccc2)(c2ccccc2)C1=O)c1ccc(-c2ccccc2)cc1. The molecule has 0 saturated carbocycles. The molecule has 0 radical (unpaired) electrons. The second-order valence-electron chi connectivity index (χ2n) is 9.08. The topological polar surface area (TPSA) is 78.5 Å². The molecule has 4 aromatic carbocycles. The van der Waals surface area contributed by atoms with E-state index in [0.29, 0.717) is 11.1 Å². The van der Waals surface area contributed by atoms with Crippen LogP contribution in [0, 0.1) is 0 Å². The maximum absolute atomic E-state index is 13.8. The van der Waals surface area contributed by atoms with E-state index in [1.807, 2.05) is 97.9 Å². The Kier molecular flexibility index (Phi) is 6.56. The fraction of sp³-hybridized carbons (Fsp3) is 0.129. The van der Waals surface area contributed by atoms with Crippen molar-refractivity contribution in [2.75, 3.05) is 6.54 Å². The van der Waals surface area contributed by atoms with E-state index in [1.165, 1.54) is 0 Å². The molecule has 184 valence electrons. The Balaban J connectivity index is 1.32. The average molecular weight is 490 g/mol. The summed E-state index contributed by atoms with van der Waals surface area (Å²) < 4.78 is 0. The van der Waals surface area contributed by atoms with E-state index >= 15 is 0 Å². The zero-order valence-electron chi connectivity index (χ0n) is 20.4. The van der Waals surface area contributed by atoms with Gasteiger partial charge in [0.2, 0.25) is 5.91 Å². The number of hydrogen-bond acceptors (Lipinski definition) is 3. The van der Waals surface area contributed by atoms with E-state index in [0.717, 1.165) is 21.6 Å². The van der Waals surface area contributed by atoms with Crippen LogP contribution >= 0.6 is 0 Å². The van der Waals surface area contributed by atoms with Crippen LogP contribution in [-0.4, -0.2) is 29.3 Å². The van der Waals surface area contributed by atoms with Crippen molar-refractivity contribution in [1.29, 1.82) is 0 Å². The third-order valence-electron chi connectivity index (χ3n) is 6.72. The molecule has 0 bridgehead atoms. The Labute approximate surface area is 215 Å². The van der Waals surface area contributed by atoms with E-state index in [2.05, 4.69) is 10.6 Å². The summed E-state index contributed by atoms with van der Waals surface area (Å²) in [4.78, 5) is 40.7. The van der Waals surface area contributed by atoms with E-state index in [-0.39, 0.29) is 12.6 Å². The van der Waals surface area contributed by atoms with E-state index in [4.69, 9.17) is 0 Å². The lowest BCUT2D eigenvalue weighted by molar-refractivity contribution is -0.134. The van der Waals surface area contributed by atoms with Gasteiger partial charge in [0.05, 0.1) is 6.04 Å². The van der Waals surface area contributed by atoms with Gasteiger partial charge < -0.3 is 10.6 Å². The second-order valence-corrected chi connectivity index (χ2v) is 9.08. The number of rotatable bonds is 7. The predicted octanol–water partition coefficient (Wildman–Crippen LogP) is 5.03. The minimum atomic E-state index is -1.39. The van der Waals surface area contributed by atoms with E-state index < -0.39 is 23.4 Å². The van der Waals surface area contributed by atoms with Crippen molar-refractivity contribution in [3.05, 3.63) is 132 Å². The van der Waals surface area contributed by atoms with Crippen molar-refractivity contribution in [1.82, 2.24) is 15.5 Å². The van der Waals surface area contributed by atoms with Gasteiger partial charge in [-0.2, -0.15) is 0 Å². The lowest BCUT2D eigenvalue weighted by atomic mass is 9.82. The molecule has 1 aliphatic heterocycles. The van der Waals surface area contributed by atoms with Crippen LogP contribution in [0.25, 0.3) is 11.1 Å². The van der Waals surface area contributed by atoms with Gasteiger partial charge in [0, 0.05) is 0 Å². The number of nitrogens with zero attached hydrogens (tertiary/aromatic N) is 1. The molecule has 1 aliphatic rings. The predicted molar refractivity (Wildman–Crippen MR) is 142 cm³/mol. The molecule has 6 nitrogen and oxygen atoms in total. The lowest BCUT2D eigenvalue weighted by Crippen LogP contribution is -2.46. The fourth-order valence-electron chi connectivity index (χ4n) is 4.76. The maximum atomic E-state index is 13.8. The second kappa shape index (κ2) is 10.1. The summed E-state index contributed by atoms with van der Waals surface area (Å²) in [5, 5.41) is 5.79. The molecule has 37 heavy (non-hydrogen) atoms. The first kappa shape index (κ1) is 24.0. The number of amides is 4. The van der Waals surface area contributed by atoms with Gasteiger partial charge in [0.15, 0.2) is 5.54 Å². The van der Waals surface area contributed by atoms with Crippen LogP contribution in [0.3, 0.4) is 0 Å². The number of hydrogen-bond donors (Lipinski definition) is 2. The van der Waals surface area contributed by atoms with Crippen molar-refractivity contribution < 1.29 is 14.4 Å². The average Bonchev–Trinajstić information content (AvgIpc) is 3.20. The van der Waals surface area contributed by atoms with Gasteiger partial charge in [0.1, 0.15) is 6.54 Å². The summed E-state index contributed by atoms with van der Waals surface area (Å²) in [5.74, 6) is -0.898. The number of carbonyl (C=O) groups is 3. The summed E-state index contributed by atoms with van der Waals surface area (Å²) in [5.41, 5.74) is 3.00.